The van der Waals surface area contributed by atoms with Gasteiger partial charge in [-0.25, -0.2) is 0 Å². The molecule has 0 aliphatic heterocycles. The Labute approximate surface area is 83.8 Å². The molecule has 0 aromatic heterocycles. The molecule has 3 N–H and O–H groups in total. The molecule has 1 amide bonds. The molecule has 1 fully saturated rings. The molecule has 0 spiro atoms. The van der Waals surface area contributed by atoms with Crippen molar-refractivity contribution in [3.8, 4) is 0 Å². The van der Waals surface area contributed by atoms with E-state index in [2.05, 4.69) is 11.6 Å². The van der Waals surface area contributed by atoms with Crippen LogP contribution in [0.25, 0.3) is 0 Å². The summed E-state index contributed by atoms with van der Waals surface area (Å²) >= 11 is 1.81. The summed E-state index contributed by atoms with van der Waals surface area (Å²) in [6.45, 7) is 0. The number of primary amides is 1. The zero-order valence-corrected chi connectivity index (χ0v) is 8.90. The monoisotopic (exact) mass is 202 g/mol. The average Bonchev–Trinajstić information content (AvgIpc) is 2.86. The van der Waals surface area contributed by atoms with E-state index in [1.165, 1.54) is 12.8 Å². The summed E-state index contributed by atoms with van der Waals surface area (Å²) in [5.74, 6) is 0.906. The zero-order valence-electron chi connectivity index (χ0n) is 8.08. The van der Waals surface area contributed by atoms with E-state index < -0.39 is 0 Å². The second-order valence-electron chi connectivity index (χ2n) is 3.53. The minimum atomic E-state index is -0.201. The Morgan fingerprint density at radius 2 is 2.38 bits per heavy atom. The van der Waals surface area contributed by atoms with Crippen molar-refractivity contribution < 1.29 is 4.79 Å². The fourth-order valence-corrected chi connectivity index (χ4v) is 1.73. The molecule has 4 heteroatoms. The Hall–Kier alpha value is -0.220. The van der Waals surface area contributed by atoms with Gasteiger partial charge in [0.25, 0.3) is 0 Å². The number of hydrogen-bond acceptors (Lipinski definition) is 3. The lowest BCUT2D eigenvalue weighted by atomic mass is 10.1. The molecule has 76 valence electrons. The van der Waals surface area contributed by atoms with Crippen molar-refractivity contribution in [3.63, 3.8) is 0 Å². The topological polar surface area (TPSA) is 55.1 Å². The maximum absolute atomic E-state index is 11.0. The summed E-state index contributed by atoms with van der Waals surface area (Å²) in [4.78, 5) is 11.0. The van der Waals surface area contributed by atoms with Gasteiger partial charge in [0.05, 0.1) is 6.04 Å². The highest BCUT2D eigenvalue weighted by atomic mass is 32.2. The molecule has 1 saturated carbocycles. The fraction of sp³-hybridized carbons (Fsp3) is 0.889. The summed E-state index contributed by atoms with van der Waals surface area (Å²) in [6, 6.07) is 0.464. The lowest BCUT2D eigenvalue weighted by Crippen LogP contribution is -2.42. The first-order valence-electron chi connectivity index (χ1n) is 4.78. The number of amides is 1. The third-order valence-corrected chi connectivity index (χ3v) is 2.90. The van der Waals surface area contributed by atoms with Gasteiger partial charge in [0.2, 0.25) is 5.91 Å². The summed E-state index contributed by atoms with van der Waals surface area (Å²) in [5, 5.41) is 3.27. The van der Waals surface area contributed by atoms with Gasteiger partial charge in [-0.1, -0.05) is 0 Å². The van der Waals surface area contributed by atoms with Gasteiger partial charge in [0, 0.05) is 6.04 Å². The van der Waals surface area contributed by atoms with Crippen LogP contribution in [0.15, 0.2) is 0 Å². The van der Waals surface area contributed by atoms with Crippen LogP contribution in [0.3, 0.4) is 0 Å². The van der Waals surface area contributed by atoms with Crippen molar-refractivity contribution in [2.45, 2.75) is 37.8 Å². The van der Waals surface area contributed by atoms with Gasteiger partial charge < -0.3 is 11.1 Å². The maximum atomic E-state index is 11.0. The van der Waals surface area contributed by atoms with Crippen LogP contribution >= 0.6 is 11.8 Å². The molecule has 3 nitrogen and oxygen atoms in total. The number of carbonyl (C=O) groups is 1. The largest absolute Gasteiger partial charge is 0.368 e. The van der Waals surface area contributed by atoms with E-state index in [0.29, 0.717) is 6.04 Å². The van der Waals surface area contributed by atoms with Crippen molar-refractivity contribution >= 4 is 17.7 Å². The maximum Gasteiger partial charge on any atom is 0.234 e. The molecule has 1 atom stereocenters. The predicted molar refractivity (Wildman–Crippen MR) is 56.8 cm³/mol. The van der Waals surface area contributed by atoms with Crippen LogP contribution in [-0.4, -0.2) is 30.0 Å². The fourth-order valence-electron chi connectivity index (χ4n) is 1.27. The van der Waals surface area contributed by atoms with Crippen LogP contribution in [0.4, 0.5) is 0 Å². The molecule has 0 bridgehead atoms. The summed E-state index contributed by atoms with van der Waals surface area (Å²) in [7, 11) is 0. The first-order valence-corrected chi connectivity index (χ1v) is 6.17. The second-order valence-corrected chi connectivity index (χ2v) is 4.52. The zero-order chi connectivity index (χ0) is 9.68. The van der Waals surface area contributed by atoms with E-state index in [-0.39, 0.29) is 11.9 Å². The van der Waals surface area contributed by atoms with E-state index >= 15 is 0 Å². The Kier molecular flexibility index (Phi) is 4.59. The predicted octanol–water partition coefficient (Wildman–Crippen LogP) is 0.736. The third-order valence-electron chi connectivity index (χ3n) is 2.20. The molecule has 1 unspecified atom stereocenters. The Morgan fingerprint density at radius 3 is 2.85 bits per heavy atom. The summed E-state index contributed by atoms with van der Waals surface area (Å²) in [6.07, 6.45) is 6.42. The molecule has 0 saturated heterocycles. The lowest BCUT2D eigenvalue weighted by molar-refractivity contribution is -0.120. The van der Waals surface area contributed by atoms with Crippen molar-refractivity contribution in [2.24, 2.45) is 5.73 Å². The van der Waals surface area contributed by atoms with Gasteiger partial charge in [-0.15, -0.1) is 0 Å². The van der Waals surface area contributed by atoms with Crippen LogP contribution in [0.2, 0.25) is 0 Å². The number of thioether (sulfide) groups is 1. The standard InChI is InChI=1S/C9H18N2OS/c1-13-6-2-3-8(9(10)12)11-7-4-5-7/h7-8,11H,2-6H2,1H3,(H2,10,12). The Balaban J connectivity index is 2.16. The summed E-state index contributed by atoms with van der Waals surface area (Å²) in [5.41, 5.74) is 5.29. The van der Waals surface area contributed by atoms with Gasteiger partial charge in [-0.3, -0.25) is 4.79 Å². The van der Waals surface area contributed by atoms with Gasteiger partial charge in [-0.2, -0.15) is 11.8 Å². The van der Waals surface area contributed by atoms with Crippen molar-refractivity contribution in [1.29, 1.82) is 0 Å². The molecule has 1 aliphatic rings. The lowest BCUT2D eigenvalue weighted by Gasteiger charge is -2.14. The highest BCUT2D eigenvalue weighted by Crippen LogP contribution is 2.20. The van der Waals surface area contributed by atoms with E-state index in [4.69, 9.17) is 5.73 Å². The summed E-state index contributed by atoms with van der Waals surface area (Å²) < 4.78 is 0. The van der Waals surface area contributed by atoms with Gasteiger partial charge >= 0.3 is 0 Å². The number of nitrogens with one attached hydrogen (secondary N) is 1. The van der Waals surface area contributed by atoms with Gasteiger partial charge in [-0.05, 0) is 37.7 Å². The van der Waals surface area contributed by atoms with E-state index in [1.807, 2.05) is 11.8 Å². The first kappa shape index (κ1) is 10.9. The average molecular weight is 202 g/mol. The van der Waals surface area contributed by atoms with Gasteiger partial charge in [0.1, 0.15) is 0 Å². The number of rotatable bonds is 7. The molecule has 1 aliphatic carbocycles. The molecule has 0 aromatic rings. The van der Waals surface area contributed by atoms with Crippen LogP contribution < -0.4 is 11.1 Å². The molecule has 13 heavy (non-hydrogen) atoms. The van der Waals surface area contributed by atoms with Crippen molar-refractivity contribution in [2.75, 3.05) is 12.0 Å². The SMILES string of the molecule is CSCCCC(NC1CC1)C(N)=O. The minimum Gasteiger partial charge on any atom is -0.368 e. The normalized spacial score (nSPS) is 18.5. The van der Waals surface area contributed by atoms with Crippen LogP contribution in [-0.2, 0) is 4.79 Å². The van der Waals surface area contributed by atoms with Crippen molar-refractivity contribution in [3.05, 3.63) is 0 Å². The Bertz CT molecular complexity index is 171. The third kappa shape index (κ3) is 4.52. The smallest absolute Gasteiger partial charge is 0.234 e. The van der Waals surface area contributed by atoms with Crippen molar-refractivity contribution in [1.82, 2.24) is 5.32 Å². The van der Waals surface area contributed by atoms with Crippen LogP contribution in [0, 0.1) is 0 Å². The molecular weight excluding hydrogens is 184 g/mol. The molecule has 0 radical (unpaired) electrons. The highest BCUT2D eigenvalue weighted by molar-refractivity contribution is 7.98. The first-order chi connectivity index (χ1) is 6.24. The molecular formula is C9H18N2OS. The number of carbonyl (C=O) groups excluding carboxylic acids is 1. The van der Waals surface area contributed by atoms with Crippen LogP contribution in [0.1, 0.15) is 25.7 Å². The van der Waals surface area contributed by atoms with E-state index in [1.54, 1.807) is 0 Å². The quantitative estimate of drug-likeness (QED) is 0.599. The van der Waals surface area contributed by atoms with E-state index in [9.17, 15) is 4.79 Å². The number of nitrogens with two attached hydrogens (primary N) is 1. The molecule has 0 aromatic carbocycles. The van der Waals surface area contributed by atoms with E-state index in [0.717, 1.165) is 18.6 Å². The number of hydrogen-bond donors (Lipinski definition) is 2. The molecule has 1 rings (SSSR count). The van der Waals surface area contributed by atoms with Gasteiger partial charge in [0.15, 0.2) is 0 Å². The highest BCUT2D eigenvalue weighted by Gasteiger charge is 2.26. The molecule has 0 heterocycles. The second kappa shape index (κ2) is 5.50. The minimum absolute atomic E-state index is 0.0975. The van der Waals surface area contributed by atoms with Crippen LogP contribution in [0.5, 0.6) is 0 Å². The Morgan fingerprint density at radius 1 is 1.69 bits per heavy atom.